The third-order valence-corrected chi connectivity index (χ3v) is 4.77. The molecule has 0 amide bonds. The lowest BCUT2D eigenvalue weighted by atomic mass is 11.0. The second-order valence-electron chi connectivity index (χ2n) is 2.66. The summed E-state index contributed by atoms with van der Waals surface area (Å²) in [5.41, 5.74) is 0. The molecule has 0 heterocycles. The zero-order valence-electron chi connectivity index (χ0n) is 9.86. The normalized spacial score (nSPS) is 11.2. The average Bonchev–Trinajstić information content (AvgIpc) is 2.78. The molecule has 1 rings (SSSR count). The Morgan fingerprint density at radius 2 is 1.29 bits per heavy atom. The first-order valence-corrected chi connectivity index (χ1v) is 9.16. The van der Waals surface area contributed by atoms with Crippen LogP contribution < -0.4 is 18.6 Å². The first-order chi connectivity index (χ1) is 7.85. The Bertz CT molecular complexity index is 314. The molecule has 0 radical (unpaired) electrons. The zero-order chi connectivity index (χ0) is 13.5. The Morgan fingerprint density at radius 1 is 0.941 bits per heavy atom. The van der Waals surface area contributed by atoms with Crippen LogP contribution in [0.2, 0.25) is 0 Å². The maximum Gasteiger partial charge on any atom is 0.253 e. The van der Waals surface area contributed by atoms with Crippen LogP contribution in [-0.2, 0) is 11.4 Å². The molecule has 4 nitrogen and oxygen atoms in total. The van der Waals surface area contributed by atoms with Gasteiger partial charge in [-0.25, -0.2) is 18.6 Å². The van der Waals surface area contributed by atoms with E-state index in [-0.39, 0.29) is 0 Å². The van der Waals surface area contributed by atoms with Gasteiger partial charge >= 0.3 is 0 Å². The Hall–Kier alpha value is 0.660. The largest absolute Gasteiger partial charge is 0.253 e. The van der Waals surface area contributed by atoms with E-state index in [1.165, 1.54) is 17.3 Å². The molecule has 0 saturated carbocycles. The van der Waals surface area contributed by atoms with E-state index in [4.69, 9.17) is 18.6 Å². The summed E-state index contributed by atoms with van der Waals surface area (Å²) in [5, 5.41) is 0. The van der Waals surface area contributed by atoms with Gasteiger partial charge in [0.05, 0.1) is 9.79 Å². The highest BCUT2D eigenvalue weighted by molar-refractivity contribution is 8.03. The molecule has 0 aliphatic carbocycles. The molecule has 0 saturated heterocycles. The Balaban J connectivity index is 0.000000437. The van der Waals surface area contributed by atoms with Crippen molar-refractivity contribution in [3.63, 3.8) is 0 Å². The van der Waals surface area contributed by atoms with E-state index in [2.05, 4.69) is 20.8 Å². The lowest BCUT2D eigenvalue weighted by Crippen LogP contribution is -2.68. The van der Waals surface area contributed by atoms with E-state index in [9.17, 15) is 0 Å². The predicted octanol–water partition coefficient (Wildman–Crippen LogP) is -1.34. The molecule has 0 atom stereocenters. The molecule has 17 heavy (non-hydrogen) atoms. The van der Waals surface area contributed by atoms with E-state index in [1.807, 2.05) is 34.9 Å². The first-order valence-electron chi connectivity index (χ1n) is 4.97. The average molecular weight is 319 g/mol. The maximum absolute atomic E-state index is 8.49. The minimum absolute atomic E-state index is 1.21. The van der Waals surface area contributed by atoms with Gasteiger partial charge in [-0.15, -0.1) is 33.8 Å². The van der Waals surface area contributed by atoms with Crippen molar-refractivity contribution in [1.82, 2.24) is 0 Å². The van der Waals surface area contributed by atoms with Gasteiger partial charge in [0, 0.05) is 0 Å². The molecule has 0 aromatic heterocycles. The maximum atomic E-state index is 8.49. The van der Waals surface area contributed by atoms with E-state index >= 15 is 0 Å². The predicted molar refractivity (Wildman–Crippen MR) is 62.8 cm³/mol. The fraction of sp³-hybridized carbons (Fsp3) is 0.667. The minimum atomic E-state index is -4.94. The molecular formula is C9H15ClO4S3. The van der Waals surface area contributed by atoms with Crippen molar-refractivity contribution in [3.8, 4) is 0 Å². The lowest BCUT2D eigenvalue weighted by Gasteiger charge is -2.17. The SMILES string of the molecule is CCSc1c(SCC)c1=[S+]CC.[O-][Cl+3]([O-])([O-])[O-]. The number of hydrogen-bond donors (Lipinski definition) is 0. The summed E-state index contributed by atoms with van der Waals surface area (Å²) in [7, 11) is -4.94. The van der Waals surface area contributed by atoms with Crippen molar-refractivity contribution in [3.05, 3.63) is 4.51 Å². The van der Waals surface area contributed by atoms with E-state index in [0.717, 1.165) is 0 Å². The number of thioether (sulfide) groups is 2. The number of halogens is 1. The minimum Gasteiger partial charge on any atom is -0.222 e. The molecule has 100 valence electrons. The molecule has 1 aromatic carbocycles. The van der Waals surface area contributed by atoms with Gasteiger partial charge < -0.3 is 0 Å². The van der Waals surface area contributed by atoms with Gasteiger partial charge in [0.15, 0.2) is 17.1 Å². The van der Waals surface area contributed by atoms with Gasteiger partial charge in [0.25, 0.3) is 4.51 Å². The van der Waals surface area contributed by atoms with Gasteiger partial charge in [0.2, 0.25) is 0 Å². The van der Waals surface area contributed by atoms with Gasteiger partial charge in [-0.1, -0.05) is 13.8 Å². The number of hydrogen-bond acceptors (Lipinski definition) is 6. The van der Waals surface area contributed by atoms with Crippen LogP contribution in [0.25, 0.3) is 0 Å². The van der Waals surface area contributed by atoms with Crippen molar-refractivity contribution in [2.24, 2.45) is 0 Å². The highest BCUT2D eigenvalue weighted by atomic mass is 35.7. The highest BCUT2D eigenvalue weighted by Gasteiger charge is 2.26. The van der Waals surface area contributed by atoms with Crippen molar-refractivity contribution in [2.45, 2.75) is 30.6 Å². The van der Waals surface area contributed by atoms with E-state index in [1.54, 1.807) is 14.3 Å². The quantitative estimate of drug-likeness (QED) is 0.379. The summed E-state index contributed by atoms with van der Waals surface area (Å²) < 4.78 is 35.6. The molecule has 0 unspecified atom stereocenters. The fourth-order valence-corrected chi connectivity index (χ4v) is 4.33. The summed E-state index contributed by atoms with van der Waals surface area (Å²) in [6.45, 7) is 6.66. The van der Waals surface area contributed by atoms with Crippen LogP contribution in [0.3, 0.4) is 0 Å². The Labute approximate surface area is 116 Å². The van der Waals surface area contributed by atoms with E-state index in [0.29, 0.717) is 0 Å². The third kappa shape index (κ3) is 9.26. The van der Waals surface area contributed by atoms with Gasteiger partial charge in [-0.3, -0.25) is 0 Å². The van der Waals surface area contributed by atoms with Crippen LogP contribution in [0, 0.1) is 14.8 Å². The summed E-state index contributed by atoms with van der Waals surface area (Å²) in [5.74, 6) is 3.62. The topological polar surface area (TPSA) is 92.2 Å². The summed E-state index contributed by atoms with van der Waals surface area (Å²) in [6.07, 6.45) is 0. The molecule has 0 fully saturated rings. The second-order valence-corrected chi connectivity index (χ2v) is 7.24. The summed E-state index contributed by atoms with van der Waals surface area (Å²) in [4.78, 5) is 3.16. The van der Waals surface area contributed by atoms with Crippen LogP contribution in [-0.4, -0.2) is 17.3 Å². The molecule has 0 spiro atoms. The van der Waals surface area contributed by atoms with Crippen molar-refractivity contribution < 1.29 is 28.9 Å². The molecule has 0 aliphatic heterocycles. The fourth-order valence-electron chi connectivity index (χ4n) is 0.965. The van der Waals surface area contributed by atoms with Crippen molar-refractivity contribution >= 4 is 34.9 Å². The van der Waals surface area contributed by atoms with Gasteiger partial charge in [0.1, 0.15) is 0 Å². The van der Waals surface area contributed by atoms with Gasteiger partial charge in [-0.2, -0.15) is 0 Å². The molecule has 0 N–H and O–H groups in total. The number of rotatable bonds is 5. The molecule has 0 bridgehead atoms. The molecule has 8 heteroatoms. The van der Waals surface area contributed by atoms with Crippen LogP contribution in [0.15, 0.2) is 9.79 Å². The van der Waals surface area contributed by atoms with Crippen molar-refractivity contribution in [2.75, 3.05) is 17.3 Å². The lowest BCUT2D eigenvalue weighted by molar-refractivity contribution is -2.00. The molecule has 1 aromatic rings. The van der Waals surface area contributed by atoms with Crippen LogP contribution in [0.1, 0.15) is 20.8 Å². The molecule has 0 aliphatic rings. The molecular weight excluding hydrogens is 304 g/mol. The zero-order valence-corrected chi connectivity index (χ0v) is 13.1. The van der Waals surface area contributed by atoms with Crippen LogP contribution in [0.4, 0.5) is 0 Å². The summed E-state index contributed by atoms with van der Waals surface area (Å²) >= 11 is 5.98. The Morgan fingerprint density at radius 3 is 1.53 bits per heavy atom. The third-order valence-electron chi connectivity index (χ3n) is 1.42. The second kappa shape index (κ2) is 8.71. The van der Waals surface area contributed by atoms with E-state index < -0.39 is 10.2 Å². The smallest absolute Gasteiger partial charge is 0.222 e. The monoisotopic (exact) mass is 318 g/mol. The summed E-state index contributed by atoms with van der Waals surface area (Å²) in [6, 6.07) is 0. The standard InChI is InChI=1S/C9H15S3.ClHO4/c1-4-10-7-8(11-5-2)9(7)12-6-3;2-1(3,4)5/h4-6H2,1-3H3;(H,2,3,4,5)/q+1;/p-1. The van der Waals surface area contributed by atoms with Crippen molar-refractivity contribution in [1.29, 1.82) is 0 Å². The van der Waals surface area contributed by atoms with Gasteiger partial charge in [-0.05, 0) is 18.4 Å². The highest BCUT2D eigenvalue weighted by Crippen LogP contribution is 2.42. The van der Waals surface area contributed by atoms with Crippen LogP contribution in [0.5, 0.6) is 0 Å². The van der Waals surface area contributed by atoms with Crippen LogP contribution >= 0.6 is 23.5 Å². The Kier molecular flexibility index (Phi) is 9.05. The first kappa shape index (κ1) is 17.7.